The average molecular weight is 283 g/mol. The van der Waals surface area contributed by atoms with Crippen LogP contribution in [0, 0.1) is 5.82 Å². The normalized spacial score (nSPS) is 12.7. The molecule has 0 aliphatic rings. The monoisotopic (exact) mass is 282 g/mol. The molecule has 1 unspecified atom stereocenters. The molecule has 5 heteroatoms. The number of rotatable bonds is 4. The number of nitrogens with zero attached hydrogens (tertiary/aromatic N) is 2. The van der Waals surface area contributed by atoms with E-state index in [-0.39, 0.29) is 5.02 Å². The molecule has 0 saturated heterocycles. The van der Waals surface area contributed by atoms with Crippen LogP contribution in [-0.2, 0) is 19.9 Å². The van der Waals surface area contributed by atoms with E-state index >= 15 is 0 Å². The Hall–Kier alpha value is -1.39. The van der Waals surface area contributed by atoms with Crippen molar-refractivity contribution in [3.63, 3.8) is 0 Å². The smallest absolute Gasteiger partial charge is 0.125 e. The molecule has 0 saturated carbocycles. The highest BCUT2D eigenvalue weighted by Crippen LogP contribution is 2.23. The lowest BCUT2D eigenvalue weighted by atomic mass is 10.0. The quantitative estimate of drug-likeness (QED) is 0.936. The predicted molar refractivity (Wildman–Crippen MR) is 72.7 cm³/mol. The zero-order valence-corrected chi connectivity index (χ0v) is 11.7. The van der Waals surface area contributed by atoms with Crippen molar-refractivity contribution in [2.45, 2.75) is 25.9 Å². The summed E-state index contributed by atoms with van der Waals surface area (Å²) in [7, 11) is 1.83. The number of aromatic nitrogens is 2. The molecule has 1 N–H and O–H groups in total. The van der Waals surface area contributed by atoms with E-state index in [9.17, 15) is 9.50 Å². The molecule has 0 bridgehead atoms. The predicted octanol–water partition coefficient (Wildman–Crippen LogP) is 3.05. The summed E-state index contributed by atoms with van der Waals surface area (Å²) in [4.78, 5) is 0. The van der Waals surface area contributed by atoms with Crippen LogP contribution in [0.25, 0.3) is 0 Å². The van der Waals surface area contributed by atoms with E-state index in [0.29, 0.717) is 12.0 Å². The molecular formula is C14H16ClFN2O. The lowest BCUT2D eigenvalue weighted by Gasteiger charge is -2.11. The lowest BCUT2D eigenvalue weighted by Crippen LogP contribution is -2.06. The number of aliphatic hydroxyl groups is 1. The molecule has 0 aliphatic carbocycles. The molecule has 102 valence electrons. The Bertz CT molecular complexity index is 563. The van der Waals surface area contributed by atoms with Gasteiger partial charge in [-0.05, 0) is 36.2 Å². The molecule has 0 amide bonds. The summed E-state index contributed by atoms with van der Waals surface area (Å²) in [6.45, 7) is 2.02. The SMILES string of the molecule is CCc1cc(CC(O)c2cc(F)cc(Cl)c2)n(C)n1. The van der Waals surface area contributed by atoms with Crippen LogP contribution in [0.1, 0.15) is 30.0 Å². The van der Waals surface area contributed by atoms with E-state index in [1.807, 2.05) is 20.0 Å². The number of aliphatic hydroxyl groups excluding tert-OH is 1. The minimum absolute atomic E-state index is 0.285. The number of halogens is 2. The number of hydrogen-bond acceptors (Lipinski definition) is 2. The highest BCUT2D eigenvalue weighted by Gasteiger charge is 2.14. The third-order valence-electron chi connectivity index (χ3n) is 3.06. The molecule has 0 fully saturated rings. The summed E-state index contributed by atoms with van der Waals surface area (Å²) in [6, 6.07) is 6.04. The third kappa shape index (κ3) is 3.33. The van der Waals surface area contributed by atoms with Gasteiger partial charge in [-0.25, -0.2) is 4.39 Å². The molecular weight excluding hydrogens is 267 g/mol. The number of aryl methyl sites for hydroxylation is 2. The minimum Gasteiger partial charge on any atom is -0.388 e. The Morgan fingerprint density at radius 1 is 1.37 bits per heavy atom. The summed E-state index contributed by atoms with van der Waals surface area (Å²) in [5, 5.41) is 14.8. The van der Waals surface area contributed by atoms with Gasteiger partial charge in [-0.1, -0.05) is 18.5 Å². The van der Waals surface area contributed by atoms with E-state index < -0.39 is 11.9 Å². The molecule has 1 aromatic carbocycles. The summed E-state index contributed by atoms with van der Waals surface area (Å²) >= 11 is 5.79. The van der Waals surface area contributed by atoms with Crippen LogP contribution >= 0.6 is 11.6 Å². The van der Waals surface area contributed by atoms with Gasteiger partial charge in [0, 0.05) is 24.2 Å². The summed E-state index contributed by atoms with van der Waals surface area (Å²) in [5.74, 6) is -0.444. The molecule has 2 rings (SSSR count). The van der Waals surface area contributed by atoms with E-state index in [1.54, 1.807) is 10.7 Å². The fourth-order valence-corrected chi connectivity index (χ4v) is 2.25. The number of hydrogen-bond donors (Lipinski definition) is 1. The van der Waals surface area contributed by atoms with Gasteiger partial charge in [-0.15, -0.1) is 0 Å². The van der Waals surface area contributed by atoms with Crippen molar-refractivity contribution in [3.8, 4) is 0 Å². The minimum atomic E-state index is -0.798. The third-order valence-corrected chi connectivity index (χ3v) is 3.28. The molecule has 1 aromatic heterocycles. The zero-order chi connectivity index (χ0) is 14.0. The Balaban J connectivity index is 2.20. The van der Waals surface area contributed by atoms with Gasteiger partial charge in [-0.2, -0.15) is 5.10 Å². The molecule has 19 heavy (non-hydrogen) atoms. The van der Waals surface area contributed by atoms with Crippen molar-refractivity contribution in [1.82, 2.24) is 9.78 Å². The molecule has 0 aliphatic heterocycles. The first-order chi connectivity index (χ1) is 8.99. The van der Waals surface area contributed by atoms with Crippen LogP contribution in [0.3, 0.4) is 0 Å². The molecule has 0 spiro atoms. The maximum absolute atomic E-state index is 13.3. The lowest BCUT2D eigenvalue weighted by molar-refractivity contribution is 0.175. The second-order valence-electron chi connectivity index (χ2n) is 4.53. The second-order valence-corrected chi connectivity index (χ2v) is 4.96. The van der Waals surface area contributed by atoms with E-state index in [2.05, 4.69) is 5.10 Å². The van der Waals surface area contributed by atoms with Gasteiger partial charge < -0.3 is 5.11 Å². The highest BCUT2D eigenvalue weighted by molar-refractivity contribution is 6.30. The average Bonchev–Trinajstić information content (AvgIpc) is 2.69. The Labute approximate surface area is 116 Å². The second kappa shape index (κ2) is 5.72. The van der Waals surface area contributed by atoms with Gasteiger partial charge in [0.2, 0.25) is 0 Å². The molecule has 1 atom stereocenters. The fraction of sp³-hybridized carbons (Fsp3) is 0.357. The molecule has 2 aromatic rings. The topological polar surface area (TPSA) is 38.0 Å². The van der Waals surface area contributed by atoms with Gasteiger partial charge >= 0.3 is 0 Å². The first-order valence-electron chi connectivity index (χ1n) is 6.15. The largest absolute Gasteiger partial charge is 0.388 e. The van der Waals surface area contributed by atoms with Crippen molar-refractivity contribution >= 4 is 11.6 Å². The highest BCUT2D eigenvalue weighted by atomic mass is 35.5. The van der Waals surface area contributed by atoms with Crippen LogP contribution in [-0.4, -0.2) is 14.9 Å². The Kier molecular flexibility index (Phi) is 4.22. The Morgan fingerprint density at radius 2 is 2.11 bits per heavy atom. The van der Waals surface area contributed by atoms with E-state index in [1.165, 1.54) is 12.1 Å². The molecule has 0 radical (unpaired) electrons. The first kappa shape index (κ1) is 14.0. The van der Waals surface area contributed by atoms with Crippen LogP contribution in [0.5, 0.6) is 0 Å². The summed E-state index contributed by atoms with van der Waals surface area (Å²) in [5.41, 5.74) is 2.36. The fourth-order valence-electron chi connectivity index (χ4n) is 2.02. The number of benzene rings is 1. The summed E-state index contributed by atoms with van der Waals surface area (Å²) < 4.78 is 15.0. The van der Waals surface area contributed by atoms with Crippen LogP contribution < -0.4 is 0 Å². The Morgan fingerprint density at radius 3 is 2.68 bits per heavy atom. The van der Waals surface area contributed by atoms with Crippen molar-refractivity contribution in [2.24, 2.45) is 7.05 Å². The van der Waals surface area contributed by atoms with Gasteiger partial charge in [0.15, 0.2) is 0 Å². The van der Waals surface area contributed by atoms with Gasteiger partial charge in [0.1, 0.15) is 5.82 Å². The first-order valence-corrected chi connectivity index (χ1v) is 6.53. The zero-order valence-electron chi connectivity index (χ0n) is 10.9. The van der Waals surface area contributed by atoms with Crippen LogP contribution in [0.2, 0.25) is 5.02 Å². The van der Waals surface area contributed by atoms with Gasteiger partial charge in [-0.3, -0.25) is 4.68 Å². The van der Waals surface area contributed by atoms with E-state index in [4.69, 9.17) is 11.6 Å². The van der Waals surface area contributed by atoms with E-state index in [0.717, 1.165) is 17.8 Å². The maximum atomic E-state index is 13.3. The van der Waals surface area contributed by atoms with Gasteiger partial charge in [0.25, 0.3) is 0 Å². The van der Waals surface area contributed by atoms with Crippen LogP contribution in [0.15, 0.2) is 24.3 Å². The molecule has 3 nitrogen and oxygen atoms in total. The standard InChI is InChI=1S/C14H16ClFN2O/c1-3-12-7-13(18(2)17-12)8-14(19)9-4-10(15)6-11(16)5-9/h4-7,14,19H,3,8H2,1-2H3. The van der Waals surface area contributed by atoms with Crippen molar-refractivity contribution in [1.29, 1.82) is 0 Å². The van der Waals surface area contributed by atoms with Crippen molar-refractivity contribution in [2.75, 3.05) is 0 Å². The molecule has 1 heterocycles. The van der Waals surface area contributed by atoms with Crippen LogP contribution in [0.4, 0.5) is 4.39 Å². The summed E-state index contributed by atoms with van der Waals surface area (Å²) in [6.07, 6.45) is 0.423. The maximum Gasteiger partial charge on any atom is 0.125 e. The van der Waals surface area contributed by atoms with Crippen molar-refractivity contribution in [3.05, 3.63) is 52.1 Å². The van der Waals surface area contributed by atoms with Crippen molar-refractivity contribution < 1.29 is 9.50 Å². The van der Waals surface area contributed by atoms with Gasteiger partial charge in [0.05, 0.1) is 11.8 Å².